The monoisotopic (exact) mass is 366 g/mol. The predicted octanol–water partition coefficient (Wildman–Crippen LogP) is 4.74. The Hall–Kier alpha value is -2.62. The molecule has 0 aliphatic heterocycles. The van der Waals surface area contributed by atoms with E-state index in [4.69, 9.17) is 0 Å². The van der Waals surface area contributed by atoms with Crippen LogP contribution in [0.25, 0.3) is 0 Å². The molecular weight excluding hydrogens is 336 g/mol. The lowest BCUT2D eigenvalue weighted by molar-refractivity contribution is -0.145. The zero-order valence-electron chi connectivity index (χ0n) is 17.2. The van der Waals surface area contributed by atoms with E-state index in [0.717, 1.165) is 22.4 Å². The van der Waals surface area contributed by atoms with E-state index in [1.807, 2.05) is 55.5 Å². The van der Waals surface area contributed by atoms with Gasteiger partial charge in [-0.2, -0.15) is 0 Å². The number of nitrogens with zero attached hydrogens (tertiary/aromatic N) is 1. The van der Waals surface area contributed by atoms with Crippen molar-refractivity contribution in [2.75, 3.05) is 12.4 Å². The summed E-state index contributed by atoms with van der Waals surface area (Å²) in [6.07, 6.45) is 0. The molecule has 0 fully saturated rings. The summed E-state index contributed by atoms with van der Waals surface area (Å²) in [6.45, 7) is 9.98. The highest BCUT2D eigenvalue weighted by molar-refractivity contribution is 6.10. The Kier molecular flexibility index (Phi) is 6.42. The lowest BCUT2D eigenvalue weighted by Crippen LogP contribution is -2.45. The average molecular weight is 367 g/mol. The van der Waals surface area contributed by atoms with E-state index in [1.54, 1.807) is 25.8 Å². The van der Waals surface area contributed by atoms with Crippen LogP contribution in [0.3, 0.4) is 0 Å². The number of aryl methyl sites for hydroxylation is 1. The Labute approximate surface area is 162 Å². The molecule has 0 bridgehead atoms. The van der Waals surface area contributed by atoms with Gasteiger partial charge in [0.1, 0.15) is 5.41 Å². The maximum atomic E-state index is 13.0. The summed E-state index contributed by atoms with van der Waals surface area (Å²) in [6, 6.07) is 15.7. The van der Waals surface area contributed by atoms with Gasteiger partial charge in [0, 0.05) is 19.3 Å². The Morgan fingerprint density at radius 2 is 1.67 bits per heavy atom. The molecule has 144 valence electrons. The third kappa shape index (κ3) is 4.76. The summed E-state index contributed by atoms with van der Waals surface area (Å²) in [5.41, 5.74) is 2.74. The first-order valence-corrected chi connectivity index (χ1v) is 9.35. The van der Waals surface area contributed by atoms with Gasteiger partial charge in [0.2, 0.25) is 11.8 Å². The number of amides is 2. The minimum Gasteiger partial charge on any atom is -0.341 e. The van der Waals surface area contributed by atoms with E-state index in [-0.39, 0.29) is 17.7 Å². The highest BCUT2D eigenvalue weighted by Gasteiger charge is 2.38. The number of rotatable bonds is 6. The fraction of sp³-hybridized carbons (Fsp3) is 0.391. The molecular formula is C23H30N2O2. The molecule has 4 nitrogen and oxygen atoms in total. The molecule has 0 heterocycles. The van der Waals surface area contributed by atoms with Gasteiger partial charge in [-0.15, -0.1) is 0 Å². The Morgan fingerprint density at radius 3 is 2.26 bits per heavy atom. The third-order valence-corrected chi connectivity index (χ3v) is 4.88. The van der Waals surface area contributed by atoms with Crippen molar-refractivity contribution in [2.24, 2.45) is 5.41 Å². The summed E-state index contributed by atoms with van der Waals surface area (Å²) in [7, 11) is 1.73. The number of hydrogen-bond donors (Lipinski definition) is 1. The van der Waals surface area contributed by atoms with Gasteiger partial charge in [0.15, 0.2) is 0 Å². The quantitative estimate of drug-likeness (QED) is 0.751. The first-order chi connectivity index (χ1) is 12.6. The minimum atomic E-state index is -1.17. The number of hydrogen-bond acceptors (Lipinski definition) is 2. The molecule has 2 aromatic carbocycles. The number of carbonyl (C=O) groups excluding carboxylic acids is 2. The van der Waals surface area contributed by atoms with Crippen molar-refractivity contribution in [3.8, 4) is 0 Å². The Bertz CT molecular complexity index is 810. The Balaban J connectivity index is 2.18. The molecule has 2 aromatic rings. The van der Waals surface area contributed by atoms with Crippen molar-refractivity contribution < 1.29 is 9.59 Å². The standard InChI is InChI=1S/C23H30N2O2/c1-16(2)19-14-10-11-17(3)20(19)24-21(26)23(4,5)22(27)25(6)15-18-12-8-7-9-13-18/h7-14,16H,15H2,1-6H3,(H,24,26). The van der Waals surface area contributed by atoms with Crippen molar-refractivity contribution in [3.63, 3.8) is 0 Å². The third-order valence-electron chi connectivity index (χ3n) is 4.88. The number of benzene rings is 2. The zero-order valence-corrected chi connectivity index (χ0v) is 17.2. The highest BCUT2D eigenvalue weighted by Crippen LogP contribution is 2.30. The van der Waals surface area contributed by atoms with E-state index in [1.165, 1.54) is 0 Å². The molecule has 0 aliphatic rings. The molecule has 27 heavy (non-hydrogen) atoms. The van der Waals surface area contributed by atoms with Crippen molar-refractivity contribution >= 4 is 17.5 Å². The molecule has 0 saturated carbocycles. The molecule has 0 aliphatic carbocycles. The minimum absolute atomic E-state index is 0.205. The maximum absolute atomic E-state index is 13.0. The fourth-order valence-corrected chi connectivity index (χ4v) is 3.12. The molecule has 2 amide bonds. The van der Waals surface area contributed by atoms with Gasteiger partial charge >= 0.3 is 0 Å². The van der Waals surface area contributed by atoms with Crippen LogP contribution in [0, 0.1) is 12.3 Å². The zero-order chi connectivity index (χ0) is 20.2. The first-order valence-electron chi connectivity index (χ1n) is 9.35. The van der Waals surface area contributed by atoms with Crippen LogP contribution in [0.1, 0.15) is 50.3 Å². The second kappa shape index (κ2) is 8.38. The summed E-state index contributed by atoms with van der Waals surface area (Å²) in [4.78, 5) is 27.6. The normalized spacial score (nSPS) is 11.4. The number of nitrogens with one attached hydrogen (secondary N) is 1. The molecule has 0 saturated heterocycles. The van der Waals surface area contributed by atoms with Crippen LogP contribution in [-0.4, -0.2) is 23.8 Å². The topological polar surface area (TPSA) is 49.4 Å². The summed E-state index contributed by atoms with van der Waals surface area (Å²) >= 11 is 0. The van der Waals surface area contributed by atoms with E-state index in [0.29, 0.717) is 6.54 Å². The predicted molar refractivity (Wildman–Crippen MR) is 111 cm³/mol. The largest absolute Gasteiger partial charge is 0.341 e. The summed E-state index contributed by atoms with van der Waals surface area (Å²) < 4.78 is 0. The van der Waals surface area contributed by atoms with Crippen LogP contribution in [0.2, 0.25) is 0 Å². The van der Waals surface area contributed by atoms with Crippen LogP contribution in [-0.2, 0) is 16.1 Å². The van der Waals surface area contributed by atoms with Gasteiger partial charge < -0.3 is 10.2 Å². The van der Waals surface area contributed by atoms with Crippen LogP contribution in [0.15, 0.2) is 48.5 Å². The Morgan fingerprint density at radius 1 is 1.04 bits per heavy atom. The molecule has 2 rings (SSSR count). The molecule has 0 spiro atoms. The van der Waals surface area contributed by atoms with Gasteiger partial charge in [-0.3, -0.25) is 9.59 Å². The second-order valence-electron chi connectivity index (χ2n) is 7.92. The molecule has 0 unspecified atom stereocenters. The number of para-hydroxylation sites is 1. The smallest absolute Gasteiger partial charge is 0.239 e. The van der Waals surface area contributed by atoms with Crippen molar-refractivity contribution in [1.82, 2.24) is 4.90 Å². The lowest BCUT2D eigenvalue weighted by Gasteiger charge is -2.29. The second-order valence-corrected chi connectivity index (χ2v) is 7.92. The lowest BCUT2D eigenvalue weighted by atomic mass is 9.89. The van der Waals surface area contributed by atoms with Crippen LogP contribution in [0.4, 0.5) is 5.69 Å². The average Bonchev–Trinajstić information content (AvgIpc) is 2.63. The molecule has 4 heteroatoms. The van der Waals surface area contributed by atoms with Crippen LogP contribution in [0.5, 0.6) is 0 Å². The molecule has 1 N–H and O–H groups in total. The molecule has 0 radical (unpaired) electrons. The van der Waals surface area contributed by atoms with E-state index >= 15 is 0 Å². The van der Waals surface area contributed by atoms with Gasteiger partial charge in [-0.05, 0) is 43.4 Å². The van der Waals surface area contributed by atoms with Crippen molar-refractivity contribution in [2.45, 2.75) is 47.1 Å². The summed E-state index contributed by atoms with van der Waals surface area (Å²) in [5.74, 6) is -0.216. The van der Waals surface area contributed by atoms with Crippen LogP contribution < -0.4 is 5.32 Å². The highest BCUT2D eigenvalue weighted by atomic mass is 16.2. The van der Waals surface area contributed by atoms with E-state index in [9.17, 15) is 9.59 Å². The van der Waals surface area contributed by atoms with Gasteiger partial charge in [-0.1, -0.05) is 62.4 Å². The van der Waals surface area contributed by atoms with Gasteiger partial charge in [-0.25, -0.2) is 0 Å². The number of anilines is 1. The number of carbonyl (C=O) groups is 2. The van der Waals surface area contributed by atoms with Crippen molar-refractivity contribution in [1.29, 1.82) is 0 Å². The fourth-order valence-electron chi connectivity index (χ4n) is 3.12. The maximum Gasteiger partial charge on any atom is 0.239 e. The van der Waals surface area contributed by atoms with E-state index in [2.05, 4.69) is 19.2 Å². The van der Waals surface area contributed by atoms with Crippen LogP contribution >= 0.6 is 0 Å². The van der Waals surface area contributed by atoms with Gasteiger partial charge in [0.25, 0.3) is 0 Å². The van der Waals surface area contributed by atoms with Crippen molar-refractivity contribution in [3.05, 3.63) is 65.2 Å². The molecule has 0 atom stereocenters. The SMILES string of the molecule is Cc1cccc(C(C)C)c1NC(=O)C(C)(C)C(=O)N(C)Cc1ccccc1. The molecule has 0 aromatic heterocycles. The first kappa shape index (κ1) is 20.7. The van der Waals surface area contributed by atoms with Gasteiger partial charge in [0.05, 0.1) is 0 Å². The summed E-state index contributed by atoms with van der Waals surface area (Å²) in [5, 5.41) is 3.01. The van der Waals surface area contributed by atoms with E-state index < -0.39 is 5.41 Å².